The van der Waals surface area contributed by atoms with Crippen LogP contribution in [0.5, 0.6) is 0 Å². The van der Waals surface area contributed by atoms with E-state index in [2.05, 4.69) is 16.8 Å². The van der Waals surface area contributed by atoms with Gasteiger partial charge in [0, 0.05) is 11.4 Å². The average Bonchev–Trinajstić information content (AvgIpc) is 2.94. The predicted octanol–water partition coefficient (Wildman–Crippen LogP) is 2.45. The third-order valence-corrected chi connectivity index (χ3v) is 5.71. The third-order valence-electron chi connectivity index (χ3n) is 4.65. The molecule has 3 rings (SSSR count). The van der Waals surface area contributed by atoms with Crippen molar-refractivity contribution in [2.45, 2.75) is 45.7 Å². The molecule has 0 bridgehead atoms. The van der Waals surface area contributed by atoms with Crippen molar-refractivity contribution in [1.29, 1.82) is 0 Å². The molecule has 0 radical (unpaired) electrons. The van der Waals surface area contributed by atoms with E-state index in [9.17, 15) is 9.90 Å². The zero-order chi connectivity index (χ0) is 13.6. The van der Waals surface area contributed by atoms with Crippen LogP contribution in [-0.2, 0) is 11.3 Å². The largest absolute Gasteiger partial charge is 0.480 e. The minimum Gasteiger partial charge on any atom is -0.480 e. The van der Waals surface area contributed by atoms with Gasteiger partial charge in [0.1, 0.15) is 11.0 Å². The third kappa shape index (κ3) is 2.30. The second-order valence-corrected chi connectivity index (χ2v) is 7.10. The number of aromatic nitrogens is 1. The maximum absolute atomic E-state index is 11.6. The summed E-state index contributed by atoms with van der Waals surface area (Å²) in [7, 11) is 0. The fourth-order valence-corrected chi connectivity index (χ4v) is 4.64. The lowest BCUT2D eigenvalue weighted by Crippen LogP contribution is -2.39. The van der Waals surface area contributed by atoms with Crippen LogP contribution in [0.15, 0.2) is 0 Å². The molecular formula is C14H20N2O2S. The number of carboxylic acids is 1. The number of thiazole rings is 1. The fourth-order valence-electron chi connectivity index (χ4n) is 3.68. The molecule has 2 heterocycles. The Morgan fingerprint density at radius 2 is 2.26 bits per heavy atom. The quantitative estimate of drug-likeness (QED) is 0.924. The minimum absolute atomic E-state index is 0.294. The molecule has 1 N–H and O–H groups in total. The Labute approximate surface area is 117 Å². The maximum atomic E-state index is 11.6. The number of carboxylic acid groups (broad SMARTS) is 1. The molecule has 19 heavy (non-hydrogen) atoms. The van der Waals surface area contributed by atoms with E-state index in [1.807, 2.05) is 6.92 Å². The lowest BCUT2D eigenvalue weighted by atomic mass is 9.94. The van der Waals surface area contributed by atoms with Crippen molar-refractivity contribution < 1.29 is 9.90 Å². The molecule has 3 atom stereocenters. The summed E-state index contributed by atoms with van der Waals surface area (Å²) in [6, 6.07) is -0.294. The Balaban J connectivity index is 1.78. The molecule has 1 aromatic heterocycles. The number of nitrogens with zero attached hydrogens (tertiary/aromatic N) is 2. The summed E-state index contributed by atoms with van der Waals surface area (Å²) in [5.41, 5.74) is 1.08. The van der Waals surface area contributed by atoms with Crippen LogP contribution >= 0.6 is 11.3 Å². The number of rotatable bonds is 3. The second kappa shape index (κ2) is 4.87. The van der Waals surface area contributed by atoms with Gasteiger partial charge in [-0.15, -0.1) is 11.3 Å². The average molecular weight is 280 g/mol. The van der Waals surface area contributed by atoms with Gasteiger partial charge in [-0.05, 0) is 38.5 Å². The number of hydrogen-bond donors (Lipinski definition) is 1. The summed E-state index contributed by atoms with van der Waals surface area (Å²) in [6.45, 7) is 5.72. The Morgan fingerprint density at radius 3 is 2.89 bits per heavy atom. The molecule has 0 amide bonds. The van der Waals surface area contributed by atoms with E-state index in [4.69, 9.17) is 0 Å². The normalized spacial score (nSPS) is 30.7. The van der Waals surface area contributed by atoms with Crippen LogP contribution in [0.2, 0.25) is 0 Å². The zero-order valence-electron chi connectivity index (χ0n) is 11.4. The molecule has 2 aliphatic rings. The number of hydrogen-bond acceptors (Lipinski definition) is 4. The van der Waals surface area contributed by atoms with E-state index < -0.39 is 5.97 Å². The molecule has 1 aromatic rings. The second-order valence-electron chi connectivity index (χ2n) is 5.82. The van der Waals surface area contributed by atoms with Gasteiger partial charge in [-0.3, -0.25) is 9.69 Å². The van der Waals surface area contributed by atoms with Crippen molar-refractivity contribution in [3.63, 3.8) is 0 Å². The summed E-state index contributed by atoms with van der Waals surface area (Å²) >= 11 is 1.70. The zero-order valence-corrected chi connectivity index (χ0v) is 12.2. The van der Waals surface area contributed by atoms with Crippen molar-refractivity contribution in [3.8, 4) is 0 Å². The van der Waals surface area contributed by atoms with E-state index in [0.29, 0.717) is 18.4 Å². The Morgan fingerprint density at radius 1 is 1.47 bits per heavy atom. The van der Waals surface area contributed by atoms with Gasteiger partial charge in [0.05, 0.1) is 12.2 Å². The van der Waals surface area contributed by atoms with Gasteiger partial charge in [0.25, 0.3) is 0 Å². The molecule has 104 valence electrons. The summed E-state index contributed by atoms with van der Waals surface area (Å²) < 4.78 is 0. The number of aliphatic carboxylic acids is 1. The van der Waals surface area contributed by atoms with Crippen LogP contribution in [0, 0.1) is 25.7 Å². The van der Waals surface area contributed by atoms with Crippen molar-refractivity contribution in [3.05, 3.63) is 15.6 Å². The highest BCUT2D eigenvalue weighted by Crippen LogP contribution is 2.42. The van der Waals surface area contributed by atoms with E-state index in [1.165, 1.54) is 17.7 Å². The van der Waals surface area contributed by atoms with E-state index >= 15 is 0 Å². The molecule has 4 nitrogen and oxygen atoms in total. The van der Waals surface area contributed by atoms with Crippen molar-refractivity contribution >= 4 is 17.3 Å². The van der Waals surface area contributed by atoms with Gasteiger partial charge in [-0.2, -0.15) is 0 Å². The summed E-state index contributed by atoms with van der Waals surface area (Å²) in [6.07, 6.45) is 3.47. The molecular weight excluding hydrogens is 260 g/mol. The lowest BCUT2D eigenvalue weighted by Gasteiger charge is -2.23. The van der Waals surface area contributed by atoms with Crippen LogP contribution in [0.25, 0.3) is 0 Å². The Kier molecular flexibility index (Phi) is 3.35. The molecule has 5 heteroatoms. The van der Waals surface area contributed by atoms with Gasteiger partial charge in [0.15, 0.2) is 0 Å². The molecule has 1 aliphatic carbocycles. The summed E-state index contributed by atoms with van der Waals surface area (Å²) in [5.74, 6) is 0.294. The van der Waals surface area contributed by atoms with E-state index in [-0.39, 0.29) is 6.04 Å². The van der Waals surface area contributed by atoms with Crippen LogP contribution in [0.4, 0.5) is 0 Å². The van der Waals surface area contributed by atoms with Gasteiger partial charge >= 0.3 is 5.97 Å². The predicted molar refractivity (Wildman–Crippen MR) is 74.3 cm³/mol. The van der Waals surface area contributed by atoms with Crippen LogP contribution in [-0.4, -0.2) is 33.5 Å². The Bertz CT molecular complexity index is 480. The van der Waals surface area contributed by atoms with Gasteiger partial charge in [-0.1, -0.05) is 6.42 Å². The molecule has 1 saturated heterocycles. The minimum atomic E-state index is -0.653. The molecule has 0 aromatic carbocycles. The van der Waals surface area contributed by atoms with Gasteiger partial charge in [0.2, 0.25) is 0 Å². The number of carbonyl (C=O) groups is 1. The first-order chi connectivity index (χ1) is 9.06. The summed E-state index contributed by atoms with van der Waals surface area (Å²) in [5, 5.41) is 10.6. The lowest BCUT2D eigenvalue weighted by molar-refractivity contribution is -0.143. The number of likely N-dealkylation sites (tertiary alicyclic amines) is 1. The van der Waals surface area contributed by atoms with Crippen LogP contribution in [0.1, 0.15) is 34.8 Å². The molecule has 3 unspecified atom stereocenters. The van der Waals surface area contributed by atoms with Crippen molar-refractivity contribution in [1.82, 2.24) is 9.88 Å². The number of aryl methyl sites for hydroxylation is 2. The topological polar surface area (TPSA) is 53.4 Å². The molecule has 0 spiro atoms. The monoisotopic (exact) mass is 280 g/mol. The van der Waals surface area contributed by atoms with Gasteiger partial charge < -0.3 is 5.11 Å². The number of fused-ring (bicyclic) bond motifs is 1. The van der Waals surface area contributed by atoms with Crippen LogP contribution in [0.3, 0.4) is 0 Å². The van der Waals surface area contributed by atoms with Crippen molar-refractivity contribution in [2.24, 2.45) is 11.8 Å². The highest BCUT2D eigenvalue weighted by atomic mass is 32.1. The highest BCUT2D eigenvalue weighted by molar-refractivity contribution is 7.11. The first kappa shape index (κ1) is 13.1. The first-order valence-corrected chi connectivity index (χ1v) is 7.77. The summed E-state index contributed by atoms with van der Waals surface area (Å²) in [4.78, 5) is 19.5. The Hall–Kier alpha value is -0.940. The molecule has 1 saturated carbocycles. The van der Waals surface area contributed by atoms with E-state index in [0.717, 1.165) is 23.7 Å². The van der Waals surface area contributed by atoms with Gasteiger partial charge in [-0.25, -0.2) is 4.98 Å². The highest BCUT2D eigenvalue weighted by Gasteiger charge is 2.47. The van der Waals surface area contributed by atoms with E-state index in [1.54, 1.807) is 11.3 Å². The van der Waals surface area contributed by atoms with Crippen LogP contribution < -0.4 is 0 Å². The molecule has 2 fully saturated rings. The van der Waals surface area contributed by atoms with Crippen molar-refractivity contribution in [2.75, 3.05) is 6.54 Å². The SMILES string of the molecule is Cc1nc(CN2CC3CCCC3C2C(=O)O)sc1C. The standard InChI is InChI=1S/C14H20N2O2S/c1-8-9(2)19-12(15-8)7-16-6-10-4-3-5-11(10)13(16)14(17)18/h10-11,13H,3-7H2,1-2H3,(H,17,18). The smallest absolute Gasteiger partial charge is 0.321 e. The fraction of sp³-hybridized carbons (Fsp3) is 0.714. The first-order valence-electron chi connectivity index (χ1n) is 6.96. The maximum Gasteiger partial charge on any atom is 0.321 e. The molecule has 1 aliphatic heterocycles.